The molecule has 23 aromatic rings. The summed E-state index contributed by atoms with van der Waals surface area (Å²) in [4.78, 5) is 5.50. The van der Waals surface area contributed by atoms with Gasteiger partial charge in [0, 0.05) is 99.5 Å². The highest BCUT2D eigenvalue weighted by atomic mass is 15.2. The van der Waals surface area contributed by atoms with E-state index in [9.17, 15) is 0 Å². The molecule has 25 rings (SSSR count). The maximum atomic E-state index is 2.75. The van der Waals surface area contributed by atoms with Crippen LogP contribution in [-0.2, 0) is 10.8 Å². The predicted octanol–water partition coefficient (Wildman–Crippen LogP) is 31.0. The predicted molar refractivity (Wildman–Crippen MR) is 545 cm³/mol. The molecule has 6 heterocycles. The van der Waals surface area contributed by atoms with Gasteiger partial charge in [0.15, 0.2) is 0 Å². The molecule has 0 saturated heterocycles. The van der Waals surface area contributed by atoms with Crippen molar-refractivity contribution < 1.29 is 0 Å². The molecule has 0 aliphatic carbocycles. The van der Waals surface area contributed by atoms with Gasteiger partial charge >= 0.3 is 0 Å². The van der Waals surface area contributed by atoms with E-state index >= 15 is 0 Å². The molecule has 6 heteroatoms. The Balaban J connectivity index is 0.861. The lowest BCUT2D eigenvalue weighted by Gasteiger charge is -2.46. The van der Waals surface area contributed by atoms with Crippen molar-refractivity contribution in [3.05, 3.63) is 436 Å². The fourth-order valence-corrected chi connectivity index (χ4v) is 21.5. The number of para-hydroxylation sites is 6. The topological polar surface area (TPSA) is 20.8 Å². The Morgan fingerprint density at radius 1 is 0.203 bits per heavy atom. The van der Waals surface area contributed by atoms with Crippen molar-refractivity contribution in [3.8, 4) is 100 Å². The van der Waals surface area contributed by atoms with Crippen LogP contribution in [0.2, 0.25) is 0 Å². The van der Waals surface area contributed by atoms with E-state index in [1.165, 1.54) is 87.2 Å². The average Bonchev–Trinajstić information content (AvgIpc) is 1.37. The first kappa shape index (κ1) is 74.8. The molecule has 0 radical (unpaired) electrons. The van der Waals surface area contributed by atoms with Crippen molar-refractivity contribution in [1.82, 2.24) is 13.5 Å². The van der Waals surface area contributed by atoms with Crippen molar-refractivity contribution in [2.45, 2.75) is 52.4 Å². The molecule has 0 amide bonds. The molecular weight excluding hydrogens is 1550 g/mol. The van der Waals surface area contributed by atoms with E-state index in [-0.39, 0.29) is 17.5 Å². The summed E-state index contributed by atoms with van der Waals surface area (Å²) in [5, 5.41) is 9.74. The Morgan fingerprint density at radius 2 is 0.508 bits per heavy atom. The molecule has 0 bridgehead atoms. The first-order valence-corrected chi connectivity index (χ1v) is 44.9. The summed E-state index contributed by atoms with van der Waals surface area (Å²) in [6.45, 7) is 13.5. The van der Waals surface area contributed by atoms with Gasteiger partial charge in [0.25, 0.3) is 6.71 Å². The lowest BCUT2D eigenvalue weighted by molar-refractivity contribution is 0.590. The van der Waals surface area contributed by atoms with E-state index in [1.807, 2.05) is 0 Å². The maximum Gasteiger partial charge on any atom is 0.252 e. The molecule has 2 aliphatic rings. The molecule has 0 atom stereocenters. The van der Waals surface area contributed by atoms with Crippen molar-refractivity contribution >= 4 is 139 Å². The summed E-state index contributed by atoms with van der Waals surface area (Å²) in [6.07, 6.45) is 0. The van der Waals surface area contributed by atoms with Crippen LogP contribution in [0, 0.1) is 0 Å². The minimum atomic E-state index is -0.342. The van der Waals surface area contributed by atoms with Gasteiger partial charge < -0.3 is 23.3 Å². The number of aromatic nitrogens is 3. The largest absolute Gasteiger partial charge is 0.310 e. The molecular formula is C122H88BN5. The Hall–Kier alpha value is -15.8. The van der Waals surface area contributed by atoms with E-state index in [0.29, 0.717) is 0 Å². The Morgan fingerprint density at radius 3 is 0.938 bits per heavy atom. The molecule has 19 aromatic carbocycles. The number of anilines is 6. The van der Waals surface area contributed by atoms with Gasteiger partial charge in [0.05, 0.1) is 50.0 Å². The van der Waals surface area contributed by atoms with Crippen molar-refractivity contribution in [3.63, 3.8) is 0 Å². The number of hydrogen-bond donors (Lipinski definition) is 0. The summed E-state index contributed by atoms with van der Waals surface area (Å²) in [7, 11) is 0. The van der Waals surface area contributed by atoms with Gasteiger partial charge in [-0.2, -0.15) is 0 Å². The third kappa shape index (κ3) is 11.8. The van der Waals surface area contributed by atoms with Gasteiger partial charge in [-0.1, -0.05) is 345 Å². The zero-order valence-electron chi connectivity index (χ0n) is 72.2. The highest BCUT2D eigenvalue weighted by molar-refractivity contribution is 7.00. The van der Waals surface area contributed by atoms with Crippen LogP contribution in [0.15, 0.2) is 425 Å². The smallest absolute Gasteiger partial charge is 0.252 e. The molecule has 0 fully saturated rings. The molecule has 128 heavy (non-hydrogen) atoms. The van der Waals surface area contributed by atoms with Crippen LogP contribution in [0.1, 0.15) is 52.7 Å². The third-order valence-corrected chi connectivity index (χ3v) is 27.6. The fourth-order valence-electron chi connectivity index (χ4n) is 21.5. The Kier molecular flexibility index (Phi) is 16.9. The second kappa shape index (κ2) is 28.9. The van der Waals surface area contributed by atoms with E-state index in [1.54, 1.807) is 0 Å². The van der Waals surface area contributed by atoms with Crippen LogP contribution in [0.25, 0.3) is 182 Å². The lowest BCUT2D eigenvalue weighted by atomic mass is 9.33. The maximum absolute atomic E-state index is 2.75. The number of nitrogens with zero attached hydrogens (tertiary/aromatic N) is 5. The normalized spacial score (nSPS) is 12.7. The van der Waals surface area contributed by atoms with Crippen molar-refractivity contribution in [1.29, 1.82) is 0 Å². The molecule has 0 saturated carbocycles. The minimum absolute atomic E-state index is 0.0422. The number of fused-ring (bicyclic) bond motifs is 16. The summed E-state index contributed by atoms with van der Waals surface area (Å²) in [6, 6.07) is 162. The van der Waals surface area contributed by atoms with Crippen LogP contribution >= 0.6 is 0 Å². The summed E-state index contributed by atoms with van der Waals surface area (Å²) in [5.74, 6) is 0. The summed E-state index contributed by atoms with van der Waals surface area (Å²) >= 11 is 0. The highest BCUT2D eigenvalue weighted by Crippen LogP contribution is 2.57. The number of benzene rings is 19. The van der Waals surface area contributed by atoms with Crippen LogP contribution in [0.5, 0.6) is 0 Å². The second-order valence-corrected chi connectivity index (χ2v) is 37.1. The first-order chi connectivity index (χ1) is 62.8. The minimum Gasteiger partial charge on any atom is -0.310 e. The van der Waals surface area contributed by atoms with E-state index in [0.717, 1.165) is 157 Å². The van der Waals surface area contributed by atoms with E-state index in [2.05, 4.69) is 490 Å². The average molecular weight is 1630 g/mol. The molecule has 0 unspecified atom stereocenters. The molecule has 0 spiro atoms. The van der Waals surface area contributed by atoms with Crippen LogP contribution < -0.4 is 26.2 Å². The quantitative estimate of drug-likeness (QED) is 0.114. The molecule has 2 aliphatic heterocycles. The molecule has 604 valence electrons. The highest BCUT2D eigenvalue weighted by Gasteiger charge is 2.46. The number of hydrogen-bond acceptors (Lipinski definition) is 2. The second-order valence-electron chi connectivity index (χ2n) is 37.1. The van der Waals surface area contributed by atoms with Crippen molar-refractivity contribution in [2.75, 3.05) is 9.80 Å². The molecule has 0 N–H and O–H groups in total. The SMILES string of the molecule is CC(C)(C)c1ccc(-c2cc(-c3ccccc3)c(N3c4cc(-c5cc6c7ccccc7n7c8ccccc8c(c5)c67)ccc4B4c5ccc(-n6c7ccccc7c7ccccc76)cc5N(c5c(-c6ccccc6)cc(-c6ccc(C(C)(C)C)cc6)cc5-c5ccccc5)c5cc(-c6ccc7c(c6)c6ccccc6n7-c6ccccc6)cc3c54)c(-c3ccccc3)c2)cc1. The van der Waals surface area contributed by atoms with Gasteiger partial charge in [-0.05, 0) is 226 Å². The summed E-state index contributed by atoms with van der Waals surface area (Å²) < 4.78 is 7.46. The van der Waals surface area contributed by atoms with Crippen LogP contribution in [0.4, 0.5) is 34.1 Å². The van der Waals surface area contributed by atoms with Gasteiger partial charge in [-0.15, -0.1) is 0 Å². The lowest BCUT2D eigenvalue weighted by Crippen LogP contribution is -2.61. The summed E-state index contributed by atoms with van der Waals surface area (Å²) in [5.41, 5.74) is 40.9. The van der Waals surface area contributed by atoms with Gasteiger partial charge in [0.2, 0.25) is 0 Å². The first-order valence-electron chi connectivity index (χ1n) is 44.9. The number of rotatable bonds is 12. The van der Waals surface area contributed by atoms with Crippen molar-refractivity contribution in [2.24, 2.45) is 0 Å². The van der Waals surface area contributed by atoms with E-state index in [4.69, 9.17) is 0 Å². The zero-order valence-corrected chi connectivity index (χ0v) is 72.2. The third-order valence-electron chi connectivity index (χ3n) is 27.6. The Bertz CT molecular complexity index is 8160. The van der Waals surface area contributed by atoms with Gasteiger partial charge in [-0.25, -0.2) is 0 Å². The van der Waals surface area contributed by atoms with Gasteiger partial charge in [0.1, 0.15) is 0 Å². The van der Waals surface area contributed by atoms with E-state index < -0.39 is 0 Å². The molecule has 4 aromatic heterocycles. The Labute approximate surface area is 745 Å². The van der Waals surface area contributed by atoms with Crippen LogP contribution in [-0.4, -0.2) is 20.2 Å². The van der Waals surface area contributed by atoms with Crippen LogP contribution in [0.3, 0.4) is 0 Å². The zero-order chi connectivity index (χ0) is 85.4. The monoisotopic (exact) mass is 1630 g/mol. The fraction of sp³-hybridized carbons (Fsp3) is 0.0656. The van der Waals surface area contributed by atoms with Gasteiger partial charge in [-0.3, -0.25) is 0 Å². The molecule has 5 nitrogen and oxygen atoms in total. The standard InChI is InChI=1S/C122H88BN5/c1-121(2,3)89-58-52-77(53-59-89)85-67-98(79-32-12-7-13-33-79)118(99(68-85)80-34-14-8-15-35-80)127-113-73-84(87-71-103-96-45-25-30-50-110(96)126-111-51-31-26-46-97(111)104(72-87)120(103)126)56-63-105(113)123-106-64-62-92(125-107-47-27-22-42-93(107)94-43-23-28-48-108(94)125)76-114(106)128(116-75-88(74-115(127)117(116)123)83-57-65-112-102(66-83)95-44-24-29-49-109(95)124(112)91-40-20-11-21-41-91)119-100(81-36-16-9-17-37-81)69-86(70-101(119)82-38-18-10-19-39-82)78-54-60-90(61-55-78)122(4,5)6/h7-76H,1-6H3.